The highest BCUT2D eigenvalue weighted by atomic mass is 16.2. The van der Waals surface area contributed by atoms with Crippen molar-refractivity contribution in [3.8, 4) is 0 Å². The van der Waals surface area contributed by atoms with Gasteiger partial charge in [-0.15, -0.1) is 0 Å². The fourth-order valence-electron chi connectivity index (χ4n) is 5.27. The van der Waals surface area contributed by atoms with E-state index >= 15 is 0 Å². The minimum absolute atomic E-state index is 0.0264. The van der Waals surface area contributed by atoms with E-state index in [-0.39, 0.29) is 41.9 Å². The first kappa shape index (κ1) is 31.5. The Morgan fingerprint density at radius 2 is 1.58 bits per heavy atom. The second-order valence-electron chi connectivity index (χ2n) is 10.6. The molecule has 0 aromatic heterocycles. The first-order chi connectivity index (χ1) is 18.3. The molecule has 2 aliphatic rings. The summed E-state index contributed by atoms with van der Waals surface area (Å²) < 4.78 is 0. The number of hydrogen-bond acceptors (Lipinski definition) is 6. The summed E-state index contributed by atoms with van der Waals surface area (Å²) in [5.74, 6) is -2.33. The third kappa shape index (κ3) is 10.2. The Hall–Kier alpha value is -2.69. The third-order valence-corrected chi connectivity index (χ3v) is 7.50. The lowest BCUT2D eigenvalue weighted by molar-refractivity contribution is -0.143. The normalized spacial score (nSPS) is 25.3. The highest BCUT2D eigenvalue weighted by Gasteiger charge is 2.45. The summed E-state index contributed by atoms with van der Waals surface area (Å²) in [4.78, 5) is 56.2. The number of piperidine rings is 1. The van der Waals surface area contributed by atoms with Crippen LogP contribution in [0.15, 0.2) is 4.99 Å². The number of rotatable bonds is 17. The molecular formula is C27H49N7O4. The van der Waals surface area contributed by atoms with Crippen molar-refractivity contribution in [3.05, 3.63) is 0 Å². The van der Waals surface area contributed by atoms with Crippen LogP contribution >= 0.6 is 0 Å². The smallest absolute Gasteiger partial charge is 0.242 e. The Labute approximate surface area is 227 Å². The van der Waals surface area contributed by atoms with Crippen LogP contribution in [0.4, 0.5) is 0 Å². The Balaban J connectivity index is 2.01. The number of amides is 3. The number of Topliss-reactive ketones (excluding diaryl/α,β-unsaturated/α-hetero) is 1. The molecule has 11 heteroatoms. The van der Waals surface area contributed by atoms with Crippen LogP contribution in [-0.2, 0) is 19.2 Å². The summed E-state index contributed by atoms with van der Waals surface area (Å²) in [6, 6.07) is -1.83. The molecule has 0 aliphatic carbocycles. The number of unbranched alkanes of at least 4 members (excludes halogenated alkanes) is 6. The van der Waals surface area contributed by atoms with Crippen LogP contribution in [0.25, 0.3) is 0 Å². The number of carbonyl (C=O) groups is 4. The molecule has 0 bridgehead atoms. The summed E-state index contributed by atoms with van der Waals surface area (Å²) in [5.41, 5.74) is 10.8. The summed E-state index contributed by atoms with van der Waals surface area (Å²) in [5, 5.41) is 11.8. The highest BCUT2D eigenvalue weighted by Crippen LogP contribution is 2.30. The topological polar surface area (TPSA) is 181 Å². The molecule has 0 aromatic carbocycles. The Kier molecular flexibility index (Phi) is 14.1. The van der Waals surface area contributed by atoms with Gasteiger partial charge in [0.1, 0.15) is 12.1 Å². The summed E-state index contributed by atoms with van der Waals surface area (Å²) >= 11 is 0. The Bertz CT molecular complexity index is 815. The lowest BCUT2D eigenvalue weighted by Gasteiger charge is -2.38. The van der Waals surface area contributed by atoms with E-state index < -0.39 is 23.9 Å². The average molecular weight is 536 g/mol. The van der Waals surface area contributed by atoms with Crippen molar-refractivity contribution < 1.29 is 19.2 Å². The van der Waals surface area contributed by atoms with Gasteiger partial charge in [0.2, 0.25) is 17.7 Å². The quantitative estimate of drug-likeness (QED) is 0.0907. The number of piperazine rings is 1. The molecule has 2 saturated heterocycles. The third-order valence-electron chi connectivity index (χ3n) is 7.50. The summed E-state index contributed by atoms with van der Waals surface area (Å²) in [6.45, 7) is 5.44. The van der Waals surface area contributed by atoms with E-state index in [1.165, 1.54) is 19.3 Å². The van der Waals surface area contributed by atoms with Gasteiger partial charge >= 0.3 is 0 Å². The molecule has 2 fully saturated rings. The van der Waals surface area contributed by atoms with Gasteiger partial charge in [0.25, 0.3) is 0 Å². The van der Waals surface area contributed by atoms with Gasteiger partial charge in [0.15, 0.2) is 11.7 Å². The molecule has 8 N–H and O–H groups in total. The standard InChI is InChI=1S/C27H49N7O4/c1-3-5-7-8-9-10-14-30-25(37)21-16-19(18(24(36)33-21)12-11-15-31-27(28)29)23(35)22-17-32-20(13-6-4-2)26(38)34-22/h18-22,32H,3-17H2,1-2H3,(H,30,37)(H,33,36)(H,34,38)(H4,28,29,31)/t18-,19?,20+,21-,22-/m1/s1. The van der Waals surface area contributed by atoms with Crippen LogP contribution < -0.4 is 32.7 Å². The summed E-state index contributed by atoms with van der Waals surface area (Å²) in [7, 11) is 0. The zero-order valence-electron chi connectivity index (χ0n) is 23.2. The van der Waals surface area contributed by atoms with Crippen molar-refractivity contribution in [2.45, 2.75) is 109 Å². The SMILES string of the molecule is CCCCCCCCNC(=O)[C@H]1CC(C(=O)[C@H]2CN[C@@H](CCCC)C(=O)N2)[C@@H](CCCN=C(N)N)C(=O)N1. The summed E-state index contributed by atoms with van der Waals surface area (Å²) in [6.07, 6.45) is 10.4. The van der Waals surface area contributed by atoms with Crippen molar-refractivity contribution in [2.24, 2.45) is 28.3 Å². The number of nitrogens with two attached hydrogens (primary N) is 2. The Morgan fingerprint density at radius 1 is 0.895 bits per heavy atom. The average Bonchev–Trinajstić information content (AvgIpc) is 2.89. The van der Waals surface area contributed by atoms with Crippen molar-refractivity contribution >= 4 is 29.5 Å². The van der Waals surface area contributed by atoms with E-state index in [0.717, 1.165) is 32.1 Å². The van der Waals surface area contributed by atoms with Crippen LogP contribution in [0.1, 0.15) is 90.9 Å². The molecule has 5 atom stereocenters. The Morgan fingerprint density at radius 3 is 2.26 bits per heavy atom. The fourth-order valence-corrected chi connectivity index (χ4v) is 5.27. The van der Waals surface area contributed by atoms with E-state index in [1.54, 1.807) is 0 Å². The van der Waals surface area contributed by atoms with Crippen LogP contribution in [0.5, 0.6) is 0 Å². The zero-order valence-corrected chi connectivity index (χ0v) is 23.2. The maximum absolute atomic E-state index is 13.6. The van der Waals surface area contributed by atoms with Crippen LogP contribution in [-0.4, -0.2) is 67.2 Å². The maximum Gasteiger partial charge on any atom is 0.242 e. The van der Waals surface area contributed by atoms with Crippen LogP contribution in [0, 0.1) is 11.8 Å². The minimum atomic E-state index is -0.782. The molecule has 1 unspecified atom stereocenters. The van der Waals surface area contributed by atoms with Crippen molar-refractivity contribution in [3.63, 3.8) is 0 Å². The van der Waals surface area contributed by atoms with Gasteiger partial charge in [-0.25, -0.2) is 0 Å². The molecule has 3 amide bonds. The van der Waals surface area contributed by atoms with Gasteiger partial charge in [0, 0.05) is 31.5 Å². The van der Waals surface area contributed by atoms with Gasteiger partial charge in [-0.05, 0) is 32.1 Å². The van der Waals surface area contributed by atoms with Crippen LogP contribution in [0.2, 0.25) is 0 Å². The van der Waals surface area contributed by atoms with E-state index in [2.05, 4.69) is 40.1 Å². The maximum atomic E-state index is 13.6. The van der Waals surface area contributed by atoms with Crippen molar-refractivity contribution in [1.29, 1.82) is 0 Å². The number of nitrogens with zero attached hydrogens (tertiary/aromatic N) is 1. The molecule has 2 rings (SSSR count). The molecule has 0 aromatic rings. The highest BCUT2D eigenvalue weighted by molar-refractivity contribution is 5.99. The van der Waals surface area contributed by atoms with E-state index in [0.29, 0.717) is 38.9 Å². The second-order valence-corrected chi connectivity index (χ2v) is 10.6. The van der Waals surface area contributed by atoms with Gasteiger partial charge in [0.05, 0.1) is 6.04 Å². The van der Waals surface area contributed by atoms with Gasteiger partial charge in [-0.1, -0.05) is 58.8 Å². The molecule has 38 heavy (non-hydrogen) atoms. The van der Waals surface area contributed by atoms with Crippen molar-refractivity contribution in [1.82, 2.24) is 21.3 Å². The van der Waals surface area contributed by atoms with Gasteiger partial charge in [-0.3, -0.25) is 24.2 Å². The lowest BCUT2D eigenvalue weighted by Crippen LogP contribution is -2.64. The molecule has 0 saturated carbocycles. The zero-order chi connectivity index (χ0) is 27.9. The largest absolute Gasteiger partial charge is 0.370 e. The number of hydrogen-bond donors (Lipinski definition) is 6. The van der Waals surface area contributed by atoms with Crippen molar-refractivity contribution in [2.75, 3.05) is 19.6 Å². The number of guanidine groups is 1. The second kappa shape index (κ2) is 17.0. The van der Waals surface area contributed by atoms with Crippen LogP contribution in [0.3, 0.4) is 0 Å². The monoisotopic (exact) mass is 535 g/mol. The molecule has 0 radical (unpaired) electrons. The predicted molar refractivity (Wildman–Crippen MR) is 148 cm³/mol. The van der Waals surface area contributed by atoms with Gasteiger partial charge < -0.3 is 32.7 Å². The van der Waals surface area contributed by atoms with E-state index in [9.17, 15) is 19.2 Å². The molecule has 216 valence electrons. The molecule has 2 heterocycles. The number of nitrogens with one attached hydrogen (secondary N) is 4. The molecular weight excluding hydrogens is 486 g/mol. The number of carbonyl (C=O) groups excluding carboxylic acids is 4. The molecule has 2 aliphatic heterocycles. The molecule has 11 nitrogen and oxygen atoms in total. The molecule has 0 spiro atoms. The first-order valence-electron chi connectivity index (χ1n) is 14.5. The fraction of sp³-hybridized carbons (Fsp3) is 0.815. The predicted octanol–water partition coefficient (Wildman–Crippen LogP) is 0.854. The van der Waals surface area contributed by atoms with Gasteiger partial charge in [-0.2, -0.15) is 0 Å². The lowest BCUT2D eigenvalue weighted by atomic mass is 9.75. The first-order valence-corrected chi connectivity index (χ1v) is 14.5. The van der Waals surface area contributed by atoms with E-state index in [4.69, 9.17) is 11.5 Å². The number of aliphatic imine (C=N–C) groups is 1. The van der Waals surface area contributed by atoms with E-state index in [1.807, 2.05) is 0 Å². The number of ketones is 1. The minimum Gasteiger partial charge on any atom is -0.370 e.